The Bertz CT molecular complexity index is 1020. The van der Waals surface area contributed by atoms with Crippen molar-refractivity contribution < 1.29 is 9.21 Å². The topological polar surface area (TPSA) is 77.1 Å². The lowest BCUT2D eigenvalue weighted by Crippen LogP contribution is -2.47. The summed E-state index contributed by atoms with van der Waals surface area (Å²) in [7, 11) is 0. The molecule has 6 nitrogen and oxygen atoms in total. The maximum Gasteiger partial charge on any atom is 0.267 e. The summed E-state index contributed by atoms with van der Waals surface area (Å²) in [6.07, 6.45) is 1.53. The van der Waals surface area contributed by atoms with Crippen LogP contribution in [0.2, 0.25) is 0 Å². The van der Waals surface area contributed by atoms with Gasteiger partial charge in [-0.25, -0.2) is 4.68 Å². The number of carbonyl (C=O) groups excluding carboxylic acids is 1. The van der Waals surface area contributed by atoms with Crippen molar-refractivity contribution in [2.75, 3.05) is 5.32 Å². The molecule has 1 aromatic carbocycles. The van der Waals surface area contributed by atoms with Crippen LogP contribution >= 0.6 is 0 Å². The normalized spacial score (nSPS) is 11.4. The van der Waals surface area contributed by atoms with E-state index in [9.17, 15) is 9.59 Å². The van der Waals surface area contributed by atoms with Crippen LogP contribution in [-0.4, -0.2) is 15.7 Å². The van der Waals surface area contributed by atoms with Crippen molar-refractivity contribution in [2.24, 2.45) is 0 Å². The van der Waals surface area contributed by atoms with E-state index in [0.717, 1.165) is 22.4 Å². The molecule has 3 rings (SSSR count). The Hall–Kier alpha value is -3.15. The van der Waals surface area contributed by atoms with Gasteiger partial charge >= 0.3 is 0 Å². The molecule has 0 atom stereocenters. The summed E-state index contributed by atoms with van der Waals surface area (Å²) in [6, 6.07) is 10.5. The fraction of sp³-hybridized carbons (Fsp3) is 0.286. The number of aromatic nitrogens is 2. The van der Waals surface area contributed by atoms with Crippen molar-refractivity contribution in [2.45, 2.75) is 40.2 Å². The molecule has 0 fully saturated rings. The quantitative estimate of drug-likeness (QED) is 0.763. The van der Waals surface area contributed by atoms with Gasteiger partial charge in [-0.3, -0.25) is 9.59 Å². The van der Waals surface area contributed by atoms with Gasteiger partial charge in [-0.2, -0.15) is 5.10 Å². The Morgan fingerprint density at radius 3 is 2.37 bits per heavy atom. The third kappa shape index (κ3) is 3.56. The largest absolute Gasteiger partial charge is 0.463 e. The van der Waals surface area contributed by atoms with Crippen LogP contribution in [0.25, 0.3) is 11.5 Å². The van der Waals surface area contributed by atoms with E-state index in [1.54, 1.807) is 32.0 Å². The maximum atomic E-state index is 13.0. The van der Waals surface area contributed by atoms with Crippen LogP contribution in [0.4, 0.5) is 5.69 Å². The standard InChI is InChI=1S/C21H23N3O3/c1-13-11-14(2)19(15(3)12-13)22-20(26)21(4,5)24-18(25)9-8-16(23-24)17-7-6-10-27-17/h6-12H,1-5H3,(H,22,26). The van der Waals surface area contributed by atoms with E-state index < -0.39 is 5.54 Å². The van der Waals surface area contributed by atoms with Crippen LogP contribution in [0.1, 0.15) is 30.5 Å². The number of hydrogen-bond acceptors (Lipinski definition) is 4. The number of nitrogens with one attached hydrogen (secondary N) is 1. The first kappa shape index (κ1) is 18.6. The van der Waals surface area contributed by atoms with E-state index in [2.05, 4.69) is 10.4 Å². The summed E-state index contributed by atoms with van der Waals surface area (Å²) in [5.41, 5.74) is 2.78. The molecule has 6 heteroatoms. The minimum Gasteiger partial charge on any atom is -0.463 e. The summed E-state index contributed by atoms with van der Waals surface area (Å²) in [6.45, 7) is 9.25. The SMILES string of the molecule is Cc1cc(C)c(NC(=O)C(C)(C)n2nc(-c3ccco3)ccc2=O)c(C)c1. The number of carbonyl (C=O) groups is 1. The lowest BCUT2D eigenvalue weighted by atomic mass is 10.0. The van der Waals surface area contributed by atoms with E-state index >= 15 is 0 Å². The van der Waals surface area contributed by atoms with E-state index in [1.807, 2.05) is 32.9 Å². The van der Waals surface area contributed by atoms with Crippen molar-refractivity contribution in [3.8, 4) is 11.5 Å². The van der Waals surface area contributed by atoms with Crippen LogP contribution in [0.5, 0.6) is 0 Å². The van der Waals surface area contributed by atoms with Crippen LogP contribution < -0.4 is 10.9 Å². The van der Waals surface area contributed by atoms with Crippen LogP contribution in [0, 0.1) is 20.8 Å². The van der Waals surface area contributed by atoms with Crippen molar-refractivity contribution in [1.82, 2.24) is 9.78 Å². The van der Waals surface area contributed by atoms with Gasteiger partial charge in [0, 0.05) is 11.8 Å². The molecule has 2 aromatic heterocycles. The van der Waals surface area contributed by atoms with E-state index in [0.29, 0.717) is 11.5 Å². The highest BCUT2D eigenvalue weighted by Crippen LogP contribution is 2.25. The molecule has 27 heavy (non-hydrogen) atoms. The molecule has 0 radical (unpaired) electrons. The monoisotopic (exact) mass is 365 g/mol. The summed E-state index contributed by atoms with van der Waals surface area (Å²) < 4.78 is 6.54. The molecule has 0 saturated heterocycles. The molecule has 2 heterocycles. The van der Waals surface area contributed by atoms with E-state index in [4.69, 9.17) is 4.42 Å². The second-order valence-corrected chi connectivity index (χ2v) is 7.23. The van der Waals surface area contributed by atoms with Gasteiger partial charge in [0.25, 0.3) is 11.5 Å². The molecule has 140 valence electrons. The Morgan fingerprint density at radius 2 is 1.78 bits per heavy atom. The van der Waals surface area contributed by atoms with Gasteiger partial charge in [0.1, 0.15) is 11.2 Å². The van der Waals surface area contributed by atoms with Gasteiger partial charge in [-0.15, -0.1) is 0 Å². The number of furan rings is 1. The Labute approximate surface area is 157 Å². The lowest BCUT2D eigenvalue weighted by molar-refractivity contribution is -0.123. The van der Waals surface area contributed by atoms with Crippen molar-refractivity contribution in [1.29, 1.82) is 0 Å². The number of benzene rings is 1. The van der Waals surface area contributed by atoms with Gasteiger partial charge < -0.3 is 9.73 Å². The fourth-order valence-corrected chi connectivity index (χ4v) is 3.11. The first-order valence-corrected chi connectivity index (χ1v) is 8.74. The van der Waals surface area contributed by atoms with E-state index in [1.165, 1.54) is 17.0 Å². The average Bonchev–Trinajstić information content (AvgIpc) is 3.12. The zero-order valence-corrected chi connectivity index (χ0v) is 16.2. The molecule has 0 saturated carbocycles. The van der Waals surface area contributed by atoms with Crippen LogP contribution in [0.3, 0.4) is 0 Å². The minimum absolute atomic E-state index is 0.316. The van der Waals surface area contributed by atoms with Gasteiger partial charge in [0.05, 0.1) is 6.26 Å². The average molecular weight is 365 g/mol. The van der Waals surface area contributed by atoms with Crippen molar-refractivity contribution in [3.63, 3.8) is 0 Å². The van der Waals surface area contributed by atoms with Crippen molar-refractivity contribution >= 4 is 11.6 Å². The van der Waals surface area contributed by atoms with Gasteiger partial charge in [0.15, 0.2) is 5.76 Å². The molecule has 3 aromatic rings. The Morgan fingerprint density at radius 1 is 1.11 bits per heavy atom. The molecule has 0 aliphatic rings. The second-order valence-electron chi connectivity index (χ2n) is 7.23. The summed E-state index contributed by atoms with van der Waals surface area (Å²) in [5.74, 6) is 0.217. The zero-order chi connectivity index (χ0) is 19.8. The predicted octanol–water partition coefficient (Wildman–Crippen LogP) is 3.80. The van der Waals surface area contributed by atoms with Gasteiger partial charge in [-0.05, 0) is 63.9 Å². The molecular weight excluding hydrogens is 342 g/mol. The molecule has 0 aliphatic heterocycles. The number of amides is 1. The summed E-state index contributed by atoms with van der Waals surface area (Å²) >= 11 is 0. The van der Waals surface area contributed by atoms with Gasteiger partial charge in [-0.1, -0.05) is 17.7 Å². The number of aryl methyl sites for hydroxylation is 3. The minimum atomic E-state index is -1.19. The zero-order valence-electron chi connectivity index (χ0n) is 16.2. The predicted molar refractivity (Wildman–Crippen MR) is 105 cm³/mol. The van der Waals surface area contributed by atoms with Crippen LogP contribution in [-0.2, 0) is 10.3 Å². The number of hydrogen-bond donors (Lipinski definition) is 1. The number of nitrogens with zero attached hydrogens (tertiary/aromatic N) is 2. The highest BCUT2D eigenvalue weighted by atomic mass is 16.3. The third-order valence-corrected chi connectivity index (χ3v) is 4.57. The first-order chi connectivity index (χ1) is 12.7. The number of anilines is 1. The fourth-order valence-electron chi connectivity index (χ4n) is 3.11. The molecule has 0 aliphatic carbocycles. The molecule has 0 spiro atoms. The first-order valence-electron chi connectivity index (χ1n) is 8.74. The van der Waals surface area contributed by atoms with Gasteiger partial charge in [0.2, 0.25) is 0 Å². The number of rotatable bonds is 4. The Balaban J connectivity index is 1.98. The highest BCUT2D eigenvalue weighted by Gasteiger charge is 2.33. The third-order valence-electron chi connectivity index (χ3n) is 4.57. The van der Waals surface area contributed by atoms with E-state index in [-0.39, 0.29) is 11.5 Å². The molecule has 0 bridgehead atoms. The summed E-state index contributed by atoms with van der Waals surface area (Å²) in [4.78, 5) is 25.5. The lowest BCUT2D eigenvalue weighted by Gasteiger charge is -2.26. The Kier molecular flexibility index (Phi) is 4.74. The maximum absolute atomic E-state index is 13.0. The molecular formula is C21H23N3O3. The second kappa shape index (κ2) is 6.87. The smallest absolute Gasteiger partial charge is 0.267 e. The van der Waals surface area contributed by atoms with Crippen molar-refractivity contribution in [3.05, 3.63) is 69.7 Å². The molecule has 0 unspecified atom stereocenters. The summed E-state index contributed by atoms with van der Waals surface area (Å²) in [5, 5.41) is 7.32. The van der Waals surface area contributed by atoms with Crippen LogP contribution in [0.15, 0.2) is 51.9 Å². The molecule has 1 N–H and O–H groups in total. The highest BCUT2D eigenvalue weighted by molar-refractivity contribution is 5.97. The molecule has 1 amide bonds.